The number of nitrogens with zero attached hydrogens (tertiary/aromatic N) is 1. The number of rotatable bonds is 7. The number of benzene rings is 2. The molecule has 27 heavy (non-hydrogen) atoms. The molecule has 0 spiro atoms. The van der Waals surface area contributed by atoms with Crippen LogP contribution in [0.25, 0.3) is 10.9 Å². The molecule has 0 saturated carbocycles. The van der Waals surface area contributed by atoms with Crippen LogP contribution in [-0.4, -0.2) is 31.5 Å². The van der Waals surface area contributed by atoms with Gasteiger partial charge < -0.3 is 15.2 Å². The Hall–Kier alpha value is -2.46. The topological polar surface area (TPSA) is 48.1 Å². The molecule has 0 atom stereocenters. The minimum Gasteiger partial charge on any atom is -0.378 e. The quantitative estimate of drug-likeness (QED) is 0.614. The van der Waals surface area contributed by atoms with E-state index in [0.29, 0.717) is 17.3 Å². The van der Waals surface area contributed by atoms with Crippen molar-refractivity contribution in [2.75, 3.05) is 25.5 Å². The summed E-state index contributed by atoms with van der Waals surface area (Å²) in [6.45, 7) is 2.71. The Morgan fingerprint density at radius 1 is 1.11 bits per heavy atom. The first kappa shape index (κ1) is 19.3. The fraction of sp³-hybridized carbons (Fsp3) is 0.318. The van der Waals surface area contributed by atoms with Gasteiger partial charge in [-0.2, -0.15) is 0 Å². The highest BCUT2D eigenvalue weighted by Crippen LogP contribution is 2.27. The maximum Gasteiger partial charge on any atom is 0.268 e. The number of carbonyl (C=O) groups excluding carboxylic acids is 1. The summed E-state index contributed by atoms with van der Waals surface area (Å²) in [5, 5.41) is 4.77. The van der Waals surface area contributed by atoms with Crippen LogP contribution in [0.5, 0.6) is 0 Å². The molecular formula is C22H26ClN3O. The summed E-state index contributed by atoms with van der Waals surface area (Å²) < 4.78 is 0. The molecule has 0 aliphatic heterocycles. The van der Waals surface area contributed by atoms with E-state index in [1.807, 2.05) is 32.3 Å². The van der Waals surface area contributed by atoms with Crippen LogP contribution in [0.15, 0.2) is 42.5 Å². The largest absolute Gasteiger partial charge is 0.378 e. The van der Waals surface area contributed by atoms with E-state index in [9.17, 15) is 4.79 Å². The predicted octanol–water partition coefficient (Wildman–Crippen LogP) is 4.81. The number of hydrogen-bond acceptors (Lipinski definition) is 2. The van der Waals surface area contributed by atoms with E-state index in [1.54, 1.807) is 0 Å². The number of H-pyrrole nitrogens is 1. The molecule has 0 aliphatic carbocycles. The Morgan fingerprint density at radius 3 is 2.52 bits per heavy atom. The van der Waals surface area contributed by atoms with Gasteiger partial charge in [-0.3, -0.25) is 4.79 Å². The van der Waals surface area contributed by atoms with Gasteiger partial charge in [0.25, 0.3) is 5.91 Å². The van der Waals surface area contributed by atoms with Crippen molar-refractivity contribution in [2.45, 2.75) is 26.2 Å². The van der Waals surface area contributed by atoms with Crippen LogP contribution >= 0.6 is 11.6 Å². The van der Waals surface area contributed by atoms with E-state index >= 15 is 0 Å². The van der Waals surface area contributed by atoms with Crippen molar-refractivity contribution >= 4 is 34.1 Å². The molecule has 5 heteroatoms. The Morgan fingerprint density at radius 2 is 1.85 bits per heavy atom. The average molecular weight is 384 g/mol. The summed E-state index contributed by atoms with van der Waals surface area (Å²) in [5.74, 6) is -0.0596. The third-order valence-corrected chi connectivity index (χ3v) is 4.98. The zero-order valence-electron chi connectivity index (χ0n) is 16.1. The molecule has 1 heterocycles. The number of carbonyl (C=O) groups is 1. The second kappa shape index (κ2) is 8.49. The van der Waals surface area contributed by atoms with E-state index < -0.39 is 0 Å². The van der Waals surface area contributed by atoms with Gasteiger partial charge in [0.1, 0.15) is 5.69 Å². The van der Waals surface area contributed by atoms with Crippen LogP contribution < -0.4 is 10.2 Å². The van der Waals surface area contributed by atoms with Crippen molar-refractivity contribution in [3.63, 3.8) is 0 Å². The molecule has 1 aromatic heterocycles. The molecular weight excluding hydrogens is 358 g/mol. The maximum atomic E-state index is 12.7. The minimum absolute atomic E-state index is 0.0596. The third kappa shape index (κ3) is 4.45. The normalized spacial score (nSPS) is 11.0. The summed E-state index contributed by atoms with van der Waals surface area (Å²) in [6, 6.07) is 14.1. The van der Waals surface area contributed by atoms with E-state index in [2.05, 4.69) is 46.4 Å². The van der Waals surface area contributed by atoms with Crippen molar-refractivity contribution in [2.24, 2.45) is 0 Å². The maximum absolute atomic E-state index is 12.7. The summed E-state index contributed by atoms with van der Waals surface area (Å²) in [4.78, 5) is 18.1. The Balaban J connectivity index is 1.69. The van der Waals surface area contributed by atoms with Crippen molar-refractivity contribution in [1.29, 1.82) is 0 Å². The molecule has 4 nitrogen and oxygen atoms in total. The minimum atomic E-state index is -0.0596. The highest BCUT2D eigenvalue weighted by molar-refractivity contribution is 6.31. The van der Waals surface area contributed by atoms with Gasteiger partial charge in [0.15, 0.2) is 0 Å². The standard InChI is InChI=1S/C22H26ClN3O/c1-4-5-18-19-14-16(23)8-11-20(19)25-21(18)22(27)24-13-12-15-6-9-17(10-7-15)26(2)3/h6-11,14,25H,4-5,12-13H2,1-3H3,(H,24,27). The lowest BCUT2D eigenvalue weighted by Crippen LogP contribution is -2.27. The number of hydrogen-bond donors (Lipinski definition) is 2. The van der Waals surface area contributed by atoms with Gasteiger partial charge in [0.2, 0.25) is 0 Å². The van der Waals surface area contributed by atoms with Crippen LogP contribution in [0.3, 0.4) is 0 Å². The molecule has 0 fully saturated rings. The van der Waals surface area contributed by atoms with Gasteiger partial charge in [0.05, 0.1) is 0 Å². The fourth-order valence-corrected chi connectivity index (χ4v) is 3.47. The second-order valence-electron chi connectivity index (χ2n) is 6.99. The average Bonchev–Trinajstić information content (AvgIpc) is 3.00. The number of amides is 1. The van der Waals surface area contributed by atoms with Gasteiger partial charge in [-0.25, -0.2) is 0 Å². The number of anilines is 1. The zero-order valence-corrected chi connectivity index (χ0v) is 16.9. The lowest BCUT2D eigenvalue weighted by molar-refractivity contribution is 0.0949. The lowest BCUT2D eigenvalue weighted by Gasteiger charge is -2.12. The first-order valence-electron chi connectivity index (χ1n) is 9.34. The van der Waals surface area contributed by atoms with Crippen LogP contribution in [-0.2, 0) is 12.8 Å². The summed E-state index contributed by atoms with van der Waals surface area (Å²) in [7, 11) is 4.05. The zero-order chi connectivity index (χ0) is 19.4. The number of halogens is 1. The van der Waals surface area contributed by atoms with Crippen LogP contribution in [0.1, 0.15) is 35.0 Å². The summed E-state index contributed by atoms with van der Waals surface area (Å²) in [5.41, 5.74) is 5.02. The molecule has 0 aliphatic rings. The van der Waals surface area contributed by atoms with Gasteiger partial charge in [-0.05, 0) is 54.3 Å². The van der Waals surface area contributed by atoms with Crippen molar-refractivity contribution in [3.8, 4) is 0 Å². The van der Waals surface area contributed by atoms with Gasteiger partial charge >= 0.3 is 0 Å². The highest BCUT2D eigenvalue weighted by atomic mass is 35.5. The third-order valence-electron chi connectivity index (χ3n) is 4.75. The molecule has 1 amide bonds. The molecule has 2 N–H and O–H groups in total. The smallest absolute Gasteiger partial charge is 0.268 e. The van der Waals surface area contributed by atoms with E-state index in [-0.39, 0.29) is 5.91 Å². The highest BCUT2D eigenvalue weighted by Gasteiger charge is 2.17. The van der Waals surface area contributed by atoms with Crippen LogP contribution in [0.2, 0.25) is 5.02 Å². The molecule has 2 aromatic carbocycles. The fourth-order valence-electron chi connectivity index (χ4n) is 3.29. The molecule has 0 bridgehead atoms. The number of fused-ring (bicyclic) bond motifs is 1. The Labute approximate surface area is 165 Å². The van der Waals surface area contributed by atoms with Gasteiger partial charge in [-0.15, -0.1) is 0 Å². The van der Waals surface area contributed by atoms with E-state index in [4.69, 9.17) is 11.6 Å². The Bertz CT molecular complexity index is 929. The van der Waals surface area contributed by atoms with Gasteiger partial charge in [-0.1, -0.05) is 37.1 Å². The molecule has 0 unspecified atom stereocenters. The number of aromatic amines is 1. The molecule has 0 saturated heterocycles. The predicted molar refractivity (Wildman–Crippen MR) is 114 cm³/mol. The van der Waals surface area contributed by atoms with Crippen LogP contribution in [0, 0.1) is 0 Å². The van der Waals surface area contributed by atoms with E-state index in [1.165, 1.54) is 11.3 Å². The number of nitrogens with one attached hydrogen (secondary N) is 2. The van der Waals surface area contributed by atoms with Crippen molar-refractivity contribution < 1.29 is 4.79 Å². The van der Waals surface area contributed by atoms with Crippen molar-refractivity contribution in [3.05, 3.63) is 64.3 Å². The second-order valence-corrected chi connectivity index (χ2v) is 7.42. The van der Waals surface area contributed by atoms with Crippen molar-refractivity contribution in [1.82, 2.24) is 10.3 Å². The first-order chi connectivity index (χ1) is 13.0. The summed E-state index contributed by atoms with van der Waals surface area (Å²) >= 11 is 6.14. The van der Waals surface area contributed by atoms with Crippen LogP contribution in [0.4, 0.5) is 5.69 Å². The Kier molecular flexibility index (Phi) is 6.07. The van der Waals surface area contributed by atoms with Gasteiger partial charge in [0, 0.05) is 42.3 Å². The summed E-state index contributed by atoms with van der Waals surface area (Å²) in [6.07, 6.45) is 2.61. The molecule has 0 radical (unpaired) electrons. The molecule has 3 rings (SSSR count). The first-order valence-corrected chi connectivity index (χ1v) is 9.72. The lowest BCUT2D eigenvalue weighted by atomic mass is 10.1. The molecule has 3 aromatic rings. The van der Waals surface area contributed by atoms with E-state index in [0.717, 1.165) is 35.7 Å². The SMILES string of the molecule is CCCc1c(C(=O)NCCc2ccc(N(C)C)cc2)[nH]c2ccc(Cl)cc12. The monoisotopic (exact) mass is 383 g/mol. The number of aryl methyl sites for hydroxylation is 1. The molecule has 142 valence electrons. The number of aromatic nitrogens is 1.